The van der Waals surface area contributed by atoms with E-state index in [1.165, 1.54) is 6.42 Å². The summed E-state index contributed by atoms with van der Waals surface area (Å²) in [5.74, 6) is 1.91. The van der Waals surface area contributed by atoms with Crippen LogP contribution in [0.1, 0.15) is 57.6 Å². The Balaban J connectivity index is 0.000000177. The summed E-state index contributed by atoms with van der Waals surface area (Å²) < 4.78 is 36.3. The van der Waals surface area contributed by atoms with E-state index >= 15 is 0 Å². The molecule has 2 aromatic rings. The summed E-state index contributed by atoms with van der Waals surface area (Å²) in [6.45, 7) is 9.96. The second kappa shape index (κ2) is 10.3. The Morgan fingerprint density at radius 2 is 2.05 bits per heavy atom. The number of hydrogen-bond acceptors (Lipinski definition) is 7. The second-order valence-electron chi connectivity index (χ2n) is 12.4. The molecule has 8 nitrogen and oxygen atoms in total. The Bertz CT molecular complexity index is 1370. The van der Waals surface area contributed by atoms with Crippen LogP contribution in [0.4, 0.5) is 0 Å². The van der Waals surface area contributed by atoms with Gasteiger partial charge in [0.05, 0.1) is 29.9 Å². The summed E-state index contributed by atoms with van der Waals surface area (Å²) in [7, 11) is -2.41. The number of pyridine rings is 1. The minimum Gasteiger partial charge on any atom is -0.497 e. The lowest BCUT2D eigenvalue weighted by Gasteiger charge is -2.50. The highest BCUT2D eigenvalue weighted by Gasteiger charge is 2.65. The van der Waals surface area contributed by atoms with Gasteiger partial charge in [-0.1, -0.05) is 19.9 Å². The average Bonchev–Trinajstić information content (AvgIpc) is 3.26. The smallest absolute Gasteiger partial charge is 0.265 e. The first-order valence-corrected chi connectivity index (χ1v) is 15.5. The van der Waals surface area contributed by atoms with E-state index in [4.69, 9.17) is 9.29 Å². The minimum atomic E-state index is -4.08. The Morgan fingerprint density at radius 3 is 2.62 bits per heavy atom. The predicted octanol–water partition coefficient (Wildman–Crippen LogP) is 4.44. The van der Waals surface area contributed by atoms with E-state index in [-0.39, 0.29) is 23.2 Å². The van der Waals surface area contributed by atoms with Crippen molar-refractivity contribution in [3.63, 3.8) is 0 Å². The highest BCUT2D eigenvalue weighted by atomic mass is 32.2. The van der Waals surface area contributed by atoms with Crippen molar-refractivity contribution in [2.24, 2.45) is 28.6 Å². The van der Waals surface area contributed by atoms with E-state index in [0.717, 1.165) is 48.1 Å². The van der Waals surface area contributed by atoms with Crippen molar-refractivity contribution >= 4 is 26.8 Å². The molecule has 5 fully saturated rings. The summed E-state index contributed by atoms with van der Waals surface area (Å²) in [5.41, 5.74) is 0.726. The molecular formula is C30H40N2O6S. The van der Waals surface area contributed by atoms with Gasteiger partial charge in [-0.2, -0.15) is 8.42 Å². The van der Waals surface area contributed by atoms with Crippen molar-refractivity contribution in [1.29, 1.82) is 0 Å². The fraction of sp³-hybridized carbons (Fsp3) is 0.600. The number of aliphatic hydroxyl groups excluding tert-OH is 1. The van der Waals surface area contributed by atoms with E-state index in [2.05, 4.69) is 22.5 Å². The number of methoxy groups -OCH3 is 1. The lowest BCUT2D eigenvalue weighted by molar-refractivity contribution is -0.128. The zero-order valence-corrected chi connectivity index (χ0v) is 23.9. The molecule has 39 heavy (non-hydrogen) atoms. The Morgan fingerprint density at radius 1 is 1.28 bits per heavy atom. The highest BCUT2D eigenvalue weighted by Crippen LogP contribution is 2.64. The molecular weight excluding hydrogens is 516 g/mol. The normalized spacial score (nSPS) is 33.5. The van der Waals surface area contributed by atoms with Crippen molar-refractivity contribution in [3.05, 3.63) is 48.7 Å². The lowest BCUT2D eigenvalue weighted by Crippen LogP contribution is -2.54. The molecule has 2 N–H and O–H groups in total. The molecule has 0 radical (unpaired) electrons. The number of carbonyl (C=O) groups excluding carboxylic acids is 1. The van der Waals surface area contributed by atoms with Gasteiger partial charge in [0, 0.05) is 30.6 Å². The molecule has 7 rings (SSSR count). The van der Waals surface area contributed by atoms with Gasteiger partial charge in [-0.15, -0.1) is 6.58 Å². The van der Waals surface area contributed by atoms with E-state index < -0.39 is 27.4 Å². The maximum Gasteiger partial charge on any atom is 0.265 e. The molecule has 0 spiro atoms. The van der Waals surface area contributed by atoms with Gasteiger partial charge in [0.25, 0.3) is 10.1 Å². The van der Waals surface area contributed by atoms with E-state index in [9.17, 15) is 18.3 Å². The number of aromatic nitrogens is 1. The average molecular weight is 557 g/mol. The van der Waals surface area contributed by atoms with Crippen molar-refractivity contribution < 1.29 is 27.6 Å². The first kappa shape index (κ1) is 28.2. The third kappa shape index (κ3) is 4.92. The third-order valence-electron chi connectivity index (χ3n) is 10.4. The summed E-state index contributed by atoms with van der Waals surface area (Å²) in [6.07, 6.45) is 7.59. The Labute approximate surface area is 231 Å². The van der Waals surface area contributed by atoms with Gasteiger partial charge in [0.2, 0.25) is 0 Å². The maximum absolute atomic E-state index is 11.9. The molecule has 5 aliphatic rings. The molecule has 0 amide bonds. The number of nitrogens with zero attached hydrogens (tertiary/aromatic N) is 2. The zero-order valence-electron chi connectivity index (χ0n) is 23.0. The molecule has 4 heterocycles. The maximum atomic E-state index is 11.9. The highest BCUT2D eigenvalue weighted by molar-refractivity contribution is 7.85. The van der Waals surface area contributed by atoms with Gasteiger partial charge in [-0.25, -0.2) is 0 Å². The Hall–Kier alpha value is -2.33. The first-order valence-electron chi connectivity index (χ1n) is 13.9. The molecule has 3 unspecified atom stereocenters. The molecule has 212 valence electrons. The van der Waals surface area contributed by atoms with Crippen LogP contribution in [0.25, 0.3) is 10.9 Å². The number of aliphatic hydroxyl groups is 1. The van der Waals surface area contributed by atoms with Gasteiger partial charge in [-0.05, 0) is 85.2 Å². The standard InChI is InChI=1S/C20H24N2O2.C10H16O4S/c1-3-13-12-22-9-7-14(13)10-19(22)20(23)16-6-8-21-18-5-4-15(24-2)11-17(16)18;1-9(2)7-3-4-10(9,8(11)5-7)6-15(12,13)14/h3-6,8,11,13-14,19-20,23H,1,7,9-10,12H2,2H3;7H,3-6H2,1-2H3,(H,12,13,14)/t13-,14+,19-,20+;/m1./s1. The molecule has 1 aromatic heterocycles. The van der Waals surface area contributed by atoms with Crippen molar-refractivity contribution in [2.75, 3.05) is 26.0 Å². The van der Waals surface area contributed by atoms with E-state index in [1.54, 1.807) is 13.3 Å². The van der Waals surface area contributed by atoms with Gasteiger partial charge in [0.15, 0.2) is 0 Å². The summed E-state index contributed by atoms with van der Waals surface area (Å²) in [4.78, 5) is 18.7. The van der Waals surface area contributed by atoms with Crippen LogP contribution >= 0.6 is 0 Å². The van der Waals surface area contributed by atoms with Gasteiger partial charge in [-0.3, -0.25) is 19.2 Å². The number of ether oxygens (including phenoxy) is 1. The van der Waals surface area contributed by atoms with Gasteiger partial charge >= 0.3 is 0 Å². The third-order valence-corrected chi connectivity index (χ3v) is 11.2. The molecule has 9 heteroatoms. The number of piperidine rings is 3. The largest absolute Gasteiger partial charge is 0.497 e. The van der Waals surface area contributed by atoms with Crippen LogP contribution in [-0.2, 0) is 14.9 Å². The number of benzene rings is 1. The molecule has 7 atom stereocenters. The topological polar surface area (TPSA) is 117 Å². The zero-order chi connectivity index (χ0) is 28.2. The minimum absolute atomic E-state index is 0.0152. The van der Waals surface area contributed by atoms with Crippen LogP contribution in [0.5, 0.6) is 5.75 Å². The number of Topliss-reactive ketones (excluding diaryl/α,β-unsaturated/α-hetero) is 1. The fourth-order valence-electron chi connectivity index (χ4n) is 7.86. The van der Waals surface area contributed by atoms with Crippen molar-refractivity contribution in [3.8, 4) is 5.75 Å². The first-order chi connectivity index (χ1) is 18.4. The molecule has 2 aliphatic carbocycles. The van der Waals surface area contributed by atoms with E-state index in [1.807, 2.05) is 38.1 Å². The summed E-state index contributed by atoms with van der Waals surface area (Å²) >= 11 is 0. The van der Waals surface area contributed by atoms with E-state index in [0.29, 0.717) is 24.7 Å². The number of hydrogen-bond donors (Lipinski definition) is 2. The van der Waals surface area contributed by atoms with Crippen LogP contribution in [-0.4, -0.2) is 65.7 Å². The fourth-order valence-corrected chi connectivity index (χ4v) is 9.16. The van der Waals surface area contributed by atoms with Crippen LogP contribution < -0.4 is 4.74 Å². The molecule has 1 aromatic carbocycles. The van der Waals surface area contributed by atoms with Crippen LogP contribution in [0.2, 0.25) is 0 Å². The number of rotatable bonds is 6. The van der Waals surface area contributed by atoms with Crippen LogP contribution in [0.3, 0.4) is 0 Å². The molecule has 3 aliphatic heterocycles. The predicted molar refractivity (Wildman–Crippen MR) is 150 cm³/mol. The molecule has 2 saturated carbocycles. The monoisotopic (exact) mass is 556 g/mol. The summed E-state index contributed by atoms with van der Waals surface area (Å²) in [5, 5.41) is 12.1. The van der Waals surface area contributed by atoms with Gasteiger partial charge < -0.3 is 9.84 Å². The lowest BCUT2D eigenvalue weighted by atomic mass is 9.70. The molecule has 4 bridgehead atoms. The van der Waals surface area contributed by atoms with Crippen molar-refractivity contribution in [2.45, 2.75) is 58.1 Å². The Kier molecular flexibility index (Phi) is 7.41. The number of fused-ring (bicyclic) bond motifs is 6. The number of ketones is 1. The molecule has 3 saturated heterocycles. The SMILES string of the molecule is C=C[C@@H]1CN2CC[C@H]1C[C@@H]2[C@@H](O)c1ccnc2ccc(OC)cc12.CC1(C)C2CCC1(CS(=O)(=O)O)C(=O)C2. The van der Waals surface area contributed by atoms with Crippen LogP contribution in [0, 0.1) is 28.6 Å². The van der Waals surface area contributed by atoms with Crippen LogP contribution in [0.15, 0.2) is 43.1 Å². The summed E-state index contributed by atoms with van der Waals surface area (Å²) in [6, 6.07) is 7.96. The number of carbonyl (C=O) groups is 1. The quantitative estimate of drug-likeness (QED) is 0.396. The van der Waals surface area contributed by atoms with Gasteiger partial charge in [0.1, 0.15) is 11.5 Å². The van der Waals surface area contributed by atoms with Crippen molar-refractivity contribution in [1.82, 2.24) is 9.88 Å². The second-order valence-corrected chi connectivity index (χ2v) is 13.8.